The van der Waals surface area contributed by atoms with Crippen LogP contribution in [0.25, 0.3) is 0 Å². The summed E-state index contributed by atoms with van der Waals surface area (Å²) in [6.45, 7) is 1.66. The predicted molar refractivity (Wildman–Crippen MR) is 115 cm³/mol. The van der Waals surface area contributed by atoms with Crippen LogP contribution in [0.2, 0.25) is 0 Å². The zero-order chi connectivity index (χ0) is 23.2. The van der Waals surface area contributed by atoms with Gasteiger partial charge in [-0.2, -0.15) is 4.98 Å². The molecule has 1 saturated carbocycles. The van der Waals surface area contributed by atoms with Gasteiger partial charge in [-0.25, -0.2) is 22.9 Å². The van der Waals surface area contributed by atoms with Crippen LogP contribution in [0, 0.1) is 30.5 Å². The summed E-state index contributed by atoms with van der Waals surface area (Å²) >= 11 is 0. The molecule has 1 amide bonds. The maximum absolute atomic E-state index is 14.5. The maximum atomic E-state index is 14.5. The first kappa shape index (κ1) is 22.0. The number of nitrogens with two attached hydrogens (primary N) is 2. The number of aromatic nitrogens is 2. The Hall–Kier alpha value is -3.25. The molecule has 1 aromatic carbocycles. The molecule has 0 saturated heterocycles. The van der Waals surface area contributed by atoms with Crippen molar-refractivity contribution in [2.45, 2.75) is 24.3 Å². The number of carbonyl (C=O) groups is 1. The smallest absolute Gasteiger partial charge is 0.241 e. The molecule has 0 aliphatic heterocycles. The Balaban J connectivity index is 1.62. The van der Waals surface area contributed by atoms with Gasteiger partial charge in [-0.1, -0.05) is 12.2 Å². The van der Waals surface area contributed by atoms with Crippen LogP contribution >= 0.6 is 0 Å². The third-order valence-electron chi connectivity index (χ3n) is 5.84. The third-order valence-corrected chi connectivity index (χ3v) is 6.76. The average Bonchev–Trinajstić information content (AvgIpc) is 3.31. The molecule has 10 nitrogen and oxygen atoms in total. The summed E-state index contributed by atoms with van der Waals surface area (Å²) < 4.78 is 43.5. The summed E-state index contributed by atoms with van der Waals surface area (Å²) in [4.78, 5) is 19.8. The van der Waals surface area contributed by atoms with Crippen LogP contribution in [0.1, 0.15) is 12.0 Å². The van der Waals surface area contributed by atoms with Crippen molar-refractivity contribution in [3.63, 3.8) is 0 Å². The Morgan fingerprint density at radius 2 is 2.00 bits per heavy atom. The molecule has 4 unspecified atom stereocenters. The number of hydrogen-bond acceptors (Lipinski definition) is 8. The monoisotopic (exact) mass is 462 g/mol. The highest BCUT2D eigenvalue weighted by atomic mass is 32.2. The first-order valence-corrected chi connectivity index (χ1v) is 11.4. The fraction of sp³-hybridized carbons (Fsp3) is 0.350. The molecule has 170 valence electrons. The minimum atomic E-state index is -4.06. The topological polar surface area (TPSA) is 162 Å². The Bertz CT molecular complexity index is 1220. The molecule has 32 heavy (non-hydrogen) atoms. The Morgan fingerprint density at radius 1 is 1.28 bits per heavy atom. The van der Waals surface area contributed by atoms with E-state index in [0.29, 0.717) is 11.3 Å². The van der Waals surface area contributed by atoms with Gasteiger partial charge in [0.25, 0.3) is 0 Å². The molecule has 0 radical (unpaired) electrons. The third kappa shape index (κ3) is 3.98. The number of methoxy groups -OCH3 is 1. The van der Waals surface area contributed by atoms with Crippen LogP contribution in [0.15, 0.2) is 35.4 Å². The van der Waals surface area contributed by atoms with E-state index in [1.807, 2.05) is 12.2 Å². The van der Waals surface area contributed by atoms with Crippen LogP contribution < -0.4 is 26.2 Å². The van der Waals surface area contributed by atoms with Crippen molar-refractivity contribution < 1.29 is 22.3 Å². The number of halogens is 1. The van der Waals surface area contributed by atoms with E-state index in [9.17, 15) is 17.6 Å². The van der Waals surface area contributed by atoms with Gasteiger partial charge in [0.1, 0.15) is 10.6 Å². The fourth-order valence-corrected chi connectivity index (χ4v) is 5.30. The molecule has 2 bridgehead atoms. The molecule has 1 heterocycles. The van der Waals surface area contributed by atoms with Crippen molar-refractivity contribution in [1.82, 2.24) is 9.97 Å². The number of anilines is 3. The largest absolute Gasteiger partial charge is 0.495 e. The molecular formula is C20H23FN6O4S. The number of allylic oxidation sites excluding steroid dienone is 1. The summed E-state index contributed by atoms with van der Waals surface area (Å²) in [7, 11) is -2.72. The first-order chi connectivity index (χ1) is 15.1. The lowest BCUT2D eigenvalue weighted by Crippen LogP contribution is -2.41. The van der Waals surface area contributed by atoms with E-state index >= 15 is 0 Å². The van der Waals surface area contributed by atoms with E-state index < -0.39 is 27.7 Å². The lowest BCUT2D eigenvalue weighted by molar-refractivity contribution is -0.122. The van der Waals surface area contributed by atoms with E-state index in [4.69, 9.17) is 15.6 Å². The number of nitrogens with one attached hydrogen (secondary N) is 2. The molecule has 4 rings (SSSR count). The summed E-state index contributed by atoms with van der Waals surface area (Å²) in [5, 5.41) is 11.2. The van der Waals surface area contributed by atoms with E-state index in [1.165, 1.54) is 13.2 Å². The molecule has 2 aliphatic carbocycles. The van der Waals surface area contributed by atoms with Gasteiger partial charge in [-0.3, -0.25) is 4.79 Å². The molecule has 12 heteroatoms. The van der Waals surface area contributed by atoms with Crippen LogP contribution in [-0.4, -0.2) is 37.4 Å². The predicted octanol–water partition coefficient (Wildman–Crippen LogP) is 1.41. The quantitative estimate of drug-likeness (QED) is 0.449. The van der Waals surface area contributed by atoms with Crippen molar-refractivity contribution in [2.24, 2.45) is 28.6 Å². The van der Waals surface area contributed by atoms with E-state index in [2.05, 4.69) is 20.6 Å². The molecule has 1 fully saturated rings. The van der Waals surface area contributed by atoms with Crippen molar-refractivity contribution in [2.75, 3.05) is 17.7 Å². The zero-order valence-electron chi connectivity index (χ0n) is 17.4. The van der Waals surface area contributed by atoms with Crippen LogP contribution in [-0.2, 0) is 14.8 Å². The molecule has 0 spiro atoms. The van der Waals surface area contributed by atoms with Gasteiger partial charge in [-0.05, 0) is 42.9 Å². The zero-order valence-corrected chi connectivity index (χ0v) is 18.2. The Morgan fingerprint density at radius 3 is 2.66 bits per heavy atom. The lowest BCUT2D eigenvalue weighted by atomic mass is 9.88. The Labute approximate surface area is 184 Å². The number of nitrogens with zero attached hydrogens (tertiary/aromatic N) is 2. The number of fused-ring (bicyclic) bond motifs is 2. The highest BCUT2D eigenvalue weighted by Gasteiger charge is 2.47. The summed E-state index contributed by atoms with van der Waals surface area (Å²) in [6, 6.07) is 2.53. The second-order valence-electron chi connectivity index (χ2n) is 7.93. The summed E-state index contributed by atoms with van der Waals surface area (Å²) in [5.41, 5.74) is 6.40. The second-order valence-corrected chi connectivity index (χ2v) is 9.46. The molecule has 4 atom stereocenters. The molecular weight excluding hydrogens is 439 g/mol. The van der Waals surface area contributed by atoms with Gasteiger partial charge in [0.05, 0.1) is 19.2 Å². The van der Waals surface area contributed by atoms with Gasteiger partial charge >= 0.3 is 0 Å². The van der Waals surface area contributed by atoms with E-state index in [0.717, 1.165) is 12.6 Å². The second kappa shape index (κ2) is 8.02. The van der Waals surface area contributed by atoms with Gasteiger partial charge < -0.3 is 21.1 Å². The van der Waals surface area contributed by atoms with Crippen molar-refractivity contribution >= 4 is 33.4 Å². The minimum absolute atomic E-state index is 0.0214. The SMILES string of the molecule is COc1c(C)cc(Nc2ncc(F)c(NC3C4C=CC(C4)C3C(N)=O)n2)cc1S(N)(=O)=O. The van der Waals surface area contributed by atoms with E-state index in [1.54, 1.807) is 13.0 Å². The number of aryl methyl sites for hydroxylation is 1. The minimum Gasteiger partial charge on any atom is -0.495 e. The number of amides is 1. The lowest BCUT2D eigenvalue weighted by Gasteiger charge is -2.27. The number of benzene rings is 1. The fourth-order valence-electron chi connectivity index (χ4n) is 4.51. The number of primary sulfonamides is 1. The highest BCUT2D eigenvalue weighted by Crippen LogP contribution is 2.45. The number of primary amides is 1. The number of sulfonamides is 1. The molecule has 6 N–H and O–H groups in total. The van der Waals surface area contributed by atoms with Crippen molar-refractivity contribution in [1.29, 1.82) is 0 Å². The highest BCUT2D eigenvalue weighted by molar-refractivity contribution is 7.89. The van der Waals surface area contributed by atoms with Crippen molar-refractivity contribution in [3.05, 3.63) is 41.9 Å². The van der Waals surface area contributed by atoms with Gasteiger partial charge in [0.2, 0.25) is 21.9 Å². The van der Waals surface area contributed by atoms with Crippen LogP contribution in [0.5, 0.6) is 5.75 Å². The molecule has 2 aliphatic rings. The van der Waals surface area contributed by atoms with Gasteiger partial charge in [-0.15, -0.1) is 0 Å². The standard InChI is InChI=1S/C20H23FN6O4S/c1-9-5-12(7-14(17(9)31-2)32(23,29)30)25-20-24-8-13(21)19(27-20)26-16-11-4-3-10(6-11)15(16)18(22)28/h3-5,7-8,10-11,15-16H,6H2,1-2H3,(H2,22,28)(H2,23,29,30)(H2,24,25,26,27). The normalized spacial score (nSPS) is 23.9. The maximum Gasteiger partial charge on any atom is 0.241 e. The van der Waals surface area contributed by atoms with Crippen molar-refractivity contribution in [3.8, 4) is 5.75 Å². The number of rotatable bonds is 7. The van der Waals surface area contributed by atoms with Crippen LogP contribution in [0.3, 0.4) is 0 Å². The molecule has 1 aromatic heterocycles. The summed E-state index contributed by atoms with van der Waals surface area (Å²) in [6.07, 6.45) is 5.72. The summed E-state index contributed by atoms with van der Waals surface area (Å²) in [5.74, 6) is -1.47. The van der Waals surface area contributed by atoms with E-state index in [-0.39, 0.29) is 40.3 Å². The van der Waals surface area contributed by atoms with Crippen LogP contribution in [0.4, 0.5) is 21.8 Å². The van der Waals surface area contributed by atoms with Gasteiger partial charge in [0, 0.05) is 11.7 Å². The molecule has 2 aromatic rings. The number of hydrogen-bond donors (Lipinski definition) is 4. The average molecular weight is 463 g/mol. The number of carbonyl (C=O) groups excluding carboxylic acids is 1. The number of ether oxygens (including phenoxy) is 1. The first-order valence-electron chi connectivity index (χ1n) is 9.83. The Kier molecular flexibility index (Phi) is 5.51. The van der Waals surface area contributed by atoms with Gasteiger partial charge in [0.15, 0.2) is 11.6 Å².